The van der Waals surface area contributed by atoms with Crippen LogP contribution in [0.3, 0.4) is 0 Å². The van der Waals surface area contributed by atoms with Crippen LogP contribution in [0.15, 0.2) is 28.7 Å². The number of hydrogen-bond donors (Lipinski definition) is 0. The van der Waals surface area contributed by atoms with Crippen LogP contribution in [0.5, 0.6) is 0 Å². The summed E-state index contributed by atoms with van der Waals surface area (Å²) in [7, 11) is 0. The van der Waals surface area contributed by atoms with Crippen LogP contribution in [0.25, 0.3) is 0 Å². The molecule has 0 radical (unpaired) electrons. The van der Waals surface area contributed by atoms with Crippen LogP contribution in [-0.2, 0) is 0 Å². The second-order valence-corrected chi connectivity index (χ2v) is 6.45. The van der Waals surface area contributed by atoms with Gasteiger partial charge in [0.25, 0.3) is 0 Å². The maximum atomic E-state index is 6.49. The lowest BCUT2D eigenvalue weighted by Crippen LogP contribution is -2.35. The molecule has 1 nitrogen and oxygen atoms in total. The second kappa shape index (κ2) is 6.21. The van der Waals surface area contributed by atoms with Gasteiger partial charge in [0.05, 0.1) is 5.38 Å². The van der Waals surface area contributed by atoms with E-state index >= 15 is 0 Å². The smallest absolute Gasteiger partial charge is 0.0712 e. The highest BCUT2D eigenvalue weighted by molar-refractivity contribution is 9.10. The highest BCUT2D eigenvalue weighted by atomic mass is 79.9. The molecule has 0 aromatic heterocycles. The Balaban J connectivity index is 1.90. The lowest BCUT2D eigenvalue weighted by atomic mass is 9.99. The molecule has 0 bridgehead atoms. The summed E-state index contributed by atoms with van der Waals surface area (Å²) < 4.78 is 1.10. The summed E-state index contributed by atoms with van der Waals surface area (Å²) in [5, 5.41) is 0.0981. The van der Waals surface area contributed by atoms with Gasteiger partial charge in [-0.05, 0) is 49.5 Å². The van der Waals surface area contributed by atoms with Crippen molar-refractivity contribution >= 4 is 27.5 Å². The number of piperidine rings is 1. The van der Waals surface area contributed by atoms with Crippen LogP contribution in [-0.4, -0.2) is 24.5 Å². The molecule has 1 fully saturated rings. The van der Waals surface area contributed by atoms with Crippen molar-refractivity contribution in [2.75, 3.05) is 19.6 Å². The molecule has 1 unspecified atom stereocenters. The minimum atomic E-state index is 0.0981. The molecule has 0 amide bonds. The molecule has 1 aromatic rings. The maximum absolute atomic E-state index is 6.49. The molecule has 0 saturated carbocycles. The Morgan fingerprint density at radius 1 is 1.41 bits per heavy atom. The number of benzene rings is 1. The molecule has 1 aliphatic rings. The molecule has 1 saturated heterocycles. The van der Waals surface area contributed by atoms with Gasteiger partial charge in [-0.2, -0.15) is 0 Å². The lowest BCUT2D eigenvalue weighted by Gasteiger charge is -2.31. The monoisotopic (exact) mass is 315 g/mol. The first-order chi connectivity index (χ1) is 8.15. The number of hydrogen-bond acceptors (Lipinski definition) is 1. The molecule has 0 N–H and O–H groups in total. The fraction of sp³-hybridized carbons (Fsp3) is 0.571. The van der Waals surface area contributed by atoms with Gasteiger partial charge in [-0.25, -0.2) is 0 Å². The van der Waals surface area contributed by atoms with Crippen molar-refractivity contribution in [1.29, 1.82) is 0 Å². The standard InChI is InChI=1S/C14H19BrClN/c1-11-5-7-17(8-6-11)10-14(16)12-3-2-4-13(15)9-12/h2-4,9,11,14H,5-8,10H2,1H3. The summed E-state index contributed by atoms with van der Waals surface area (Å²) in [6.07, 6.45) is 2.62. The predicted octanol–water partition coefficient (Wildman–Crippen LogP) is 4.46. The van der Waals surface area contributed by atoms with Gasteiger partial charge in [0.1, 0.15) is 0 Å². The molecule has 3 heteroatoms. The van der Waals surface area contributed by atoms with Crippen molar-refractivity contribution in [3.63, 3.8) is 0 Å². The Hall–Kier alpha value is -0.0500. The fourth-order valence-corrected chi connectivity index (χ4v) is 3.03. The van der Waals surface area contributed by atoms with E-state index in [1.165, 1.54) is 31.5 Å². The molecule has 1 heterocycles. The molecule has 17 heavy (non-hydrogen) atoms. The average molecular weight is 317 g/mol. The zero-order valence-corrected chi connectivity index (χ0v) is 12.5. The third kappa shape index (κ3) is 3.97. The van der Waals surface area contributed by atoms with Crippen molar-refractivity contribution in [1.82, 2.24) is 4.90 Å². The Morgan fingerprint density at radius 2 is 2.12 bits per heavy atom. The molecule has 1 atom stereocenters. The Kier molecular flexibility index (Phi) is 4.89. The van der Waals surface area contributed by atoms with Crippen molar-refractivity contribution in [2.45, 2.75) is 25.1 Å². The average Bonchev–Trinajstić information content (AvgIpc) is 2.32. The van der Waals surface area contributed by atoms with Gasteiger partial charge in [-0.15, -0.1) is 11.6 Å². The fourth-order valence-electron chi connectivity index (χ4n) is 2.28. The van der Waals surface area contributed by atoms with Crippen LogP contribution in [0.1, 0.15) is 30.7 Å². The van der Waals surface area contributed by atoms with Gasteiger partial charge in [-0.3, -0.25) is 0 Å². The van der Waals surface area contributed by atoms with Crippen LogP contribution < -0.4 is 0 Å². The van der Waals surface area contributed by atoms with Crippen LogP contribution >= 0.6 is 27.5 Å². The van der Waals surface area contributed by atoms with Gasteiger partial charge in [-0.1, -0.05) is 35.0 Å². The molecule has 0 spiro atoms. The Morgan fingerprint density at radius 3 is 2.76 bits per heavy atom. The maximum Gasteiger partial charge on any atom is 0.0712 e. The topological polar surface area (TPSA) is 3.24 Å². The molecule has 94 valence electrons. The Labute approximate surface area is 117 Å². The SMILES string of the molecule is CC1CCN(CC(Cl)c2cccc(Br)c2)CC1. The summed E-state index contributed by atoms with van der Waals surface area (Å²) in [6, 6.07) is 8.31. The largest absolute Gasteiger partial charge is 0.302 e. The number of likely N-dealkylation sites (tertiary alicyclic amines) is 1. The number of alkyl halides is 1. The zero-order valence-electron chi connectivity index (χ0n) is 10.2. The van der Waals surface area contributed by atoms with E-state index in [0.29, 0.717) is 0 Å². The quantitative estimate of drug-likeness (QED) is 0.744. The molecule has 1 aliphatic heterocycles. The minimum absolute atomic E-state index is 0.0981. The van der Waals surface area contributed by atoms with E-state index in [2.05, 4.69) is 39.9 Å². The van der Waals surface area contributed by atoms with Crippen LogP contribution in [0.4, 0.5) is 0 Å². The van der Waals surface area contributed by atoms with Crippen molar-refractivity contribution in [2.24, 2.45) is 5.92 Å². The van der Waals surface area contributed by atoms with E-state index < -0.39 is 0 Å². The summed E-state index contributed by atoms with van der Waals surface area (Å²) in [5.74, 6) is 0.880. The van der Waals surface area contributed by atoms with E-state index in [1.54, 1.807) is 0 Å². The van der Waals surface area contributed by atoms with Gasteiger partial charge >= 0.3 is 0 Å². The van der Waals surface area contributed by atoms with E-state index in [9.17, 15) is 0 Å². The summed E-state index contributed by atoms with van der Waals surface area (Å²) in [4.78, 5) is 2.48. The third-order valence-corrected chi connectivity index (χ3v) is 4.39. The summed E-state index contributed by atoms with van der Waals surface area (Å²) in [5.41, 5.74) is 1.21. The van der Waals surface area contributed by atoms with Gasteiger partial charge in [0.15, 0.2) is 0 Å². The number of halogens is 2. The van der Waals surface area contributed by atoms with Gasteiger partial charge in [0, 0.05) is 11.0 Å². The first-order valence-electron chi connectivity index (χ1n) is 6.27. The normalized spacial score (nSPS) is 20.4. The first-order valence-corrected chi connectivity index (χ1v) is 7.50. The number of nitrogens with zero attached hydrogens (tertiary/aromatic N) is 1. The van der Waals surface area contributed by atoms with E-state index in [4.69, 9.17) is 11.6 Å². The molecule has 0 aliphatic carbocycles. The molecular weight excluding hydrogens is 298 g/mol. The summed E-state index contributed by atoms with van der Waals surface area (Å²) in [6.45, 7) is 5.69. The van der Waals surface area contributed by atoms with Gasteiger partial charge < -0.3 is 4.90 Å². The van der Waals surface area contributed by atoms with Gasteiger partial charge in [0.2, 0.25) is 0 Å². The first kappa shape index (κ1) is 13.4. The van der Waals surface area contributed by atoms with Crippen molar-refractivity contribution < 1.29 is 0 Å². The van der Waals surface area contributed by atoms with E-state index in [1.807, 2.05) is 12.1 Å². The predicted molar refractivity (Wildman–Crippen MR) is 77.6 cm³/mol. The zero-order chi connectivity index (χ0) is 12.3. The summed E-state index contributed by atoms with van der Waals surface area (Å²) >= 11 is 9.98. The van der Waals surface area contributed by atoms with Crippen LogP contribution in [0.2, 0.25) is 0 Å². The van der Waals surface area contributed by atoms with Crippen LogP contribution in [0, 0.1) is 5.92 Å². The second-order valence-electron chi connectivity index (χ2n) is 5.01. The van der Waals surface area contributed by atoms with Crippen molar-refractivity contribution in [3.05, 3.63) is 34.3 Å². The molecule has 1 aromatic carbocycles. The third-order valence-electron chi connectivity index (χ3n) is 3.51. The highest BCUT2D eigenvalue weighted by Gasteiger charge is 2.19. The lowest BCUT2D eigenvalue weighted by molar-refractivity contribution is 0.192. The number of rotatable bonds is 3. The highest BCUT2D eigenvalue weighted by Crippen LogP contribution is 2.26. The minimum Gasteiger partial charge on any atom is -0.302 e. The Bertz CT molecular complexity index is 361. The van der Waals surface area contributed by atoms with E-state index in [0.717, 1.165) is 16.9 Å². The molecular formula is C14H19BrClN. The van der Waals surface area contributed by atoms with E-state index in [-0.39, 0.29) is 5.38 Å². The molecule has 2 rings (SSSR count). The van der Waals surface area contributed by atoms with Crippen molar-refractivity contribution in [3.8, 4) is 0 Å².